The van der Waals surface area contributed by atoms with Gasteiger partial charge >= 0.3 is 0 Å². The lowest BCUT2D eigenvalue weighted by atomic mass is 10.1. The number of aryl methyl sites for hydroxylation is 1. The molecule has 0 spiro atoms. The Hall–Kier alpha value is -1.44. The minimum atomic E-state index is -3.45. The standard InChI is InChI=1S/C19H29N3O3S/c1-2-5-17-6-8-18(9-7-17)26(24,25)22-14-12-20(13-15-22)16-19(23)21-10-3-4-11-21/h6-9H,2-5,10-16H2,1H3. The van der Waals surface area contributed by atoms with Crippen LogP contribution in [0.1, 0.15) is 31.7 Å². The van der Waals surface area contributed by atoms with Crippen molar-refractivity contribution in [1.29, 1.82) is 0 Å². The van der Waals surface area contributed by atoms with Crippen molar-refractivity contribution in [2.45, 2.75) is 37.5 Å². The zero-order valence-corrected chi connectivity index (χ0v) is 16.4. The number of likely N-dealkylation sites (tertiary alicyclic amines) is 1. The number of sulfonamides is 1. The quantitative estimate of drug-likeness (QED) is 0.753. The van der Waals surface area contributed by atoms with Gasteiger partial charge in [0.15, 0.2) is 0 Å². The molecule has 26 heavy (non-hydrogen) atoms. The van der Waals surface area contributed by atoms with Crippen molar-refractivity contribution < 1.29 is 13.2 Å². The van der Waals surface area contributed by atoms with E-state index < -0.39 is 10.0 Å². The summed E-state index contributed by atoms with van der Waals surface area (Å²) < 4.78 is 27.2. The van der Waals surface area contributed by atoms with Crippen LogP contribution in [0.5, 0.6) is 0 Å². The fourth-order valence-corrected chi connectivity index (χ4v) is 5.07. The predicted octanol–water partition coefficient (Wildman–Crippen LogP) is 1.57. The number of benzene rings is 1. The van der Waals surface area contributed by atoms with E-state index in [-0.39, 0.29) is 5.91 Å². The van der Waals surface area contributed by atoms with Crippen LogP contribution in [-0.4, -0.2) is 74.2 Å². The molecular weight excluding hydrogens is 350 g/mol. The number of amides is 1. The predicted molar refractivity (Wildman–Crippen MR) is 101 cm³/mol. The second-order valence-corrected chi connectivity index (χ2v) is 9.10. The van der Waals surface area contributed by atoms with Crippen LogP contribution in [0.3, 0.4) is 0 Å². The van der Waals surface area contributed by atoms with E-state index in [0.717, 1.165) is 44.3 Å². The van der Waals surface area contributed by atoms with Crippen LogP contribution in [0.2, 0.25) is 0 Å². The molecule has 1 aromatic rings. The van der Waals surface area contributed by atoms with Crippen molar-refractivity contribution in [1.82, 2.24) is 14.1 Å². The van der Waals surface area contributed by atoms with Gasteiger partial charge in [0, 0.05) is 39.3 Å². The normalized spacial score (nSPS) is 19.8. The second kappa shape index (κ2) is 8.50. The number of nitrogens with zero attached hydrogens (tertiary/aromatic N) is 3. The molecule has 1 aromatic carbocycles. The van der Waals surface area contributed by atoms with Crippen molar-refractivity contribution >= 4 is 15.9 Å². The van der Waals surface area contributed by atoms with Gasteiger partial charge in [-0.15, -0.1) is 0 Å². The number of hydrogen-bond acceptors (Lipinski definition) is 4. The molecule has 7 heteroatoms. The number of carbonyl (C=O) groups is 1. The lowest BCUT2D eigenvalue weighted by Gasteiger charge is -2.34. The van der Waals surface area contributed by atoms with Crippen LogP contribution in [0.15, 0.2) is 29.2 Å². The molecule has 2 aliphatic heterocycles. The summed E-state index contributed by atoms with van der Waals surface area (Å²) in [6, 6.07) is 7.23. The Morgan fingerprint density at radius 3 is 2.15 bits per heavy atom. The summed E-state index contributed by atoms with van der Waals surface area (Å²) in [5.74, 6) is 0.172. The van der Waals surface area contributed by atoms with E-state index >= 15 is 0 Å². The summed E-state index contributed by atoms with van der Waals surface area (Å²) in [7, 11) is -3.45. The lowest BCUT2D eigenvalue weighted by Crippen LogP contribution is -2.51. The third-order valence-electron chi connectivity index (χ3n) is 5.25. The summed E-state index contributed by atoms with van der Waals surface area (Å²) in [5, 5.41) is 0. The summed E-state index contributed by atoms with van der Waals surface area (Å²) >= 11 is 0. The highest BCUT2D eigenvalue weighted by Crippen LogP contribution is 2.19. The Balaban J connectivity index is 1.55. The minimum Gasteiger partial charge on any atom is -0.342 e. The molecule has 2 fully saturated rings. The first-order valence-corrected chi connectivity index (χ1v) is 11.0. The molecule has 0 N–H and O–H groups in total. The maximum atomic E-state index is 12.8. The molecule has 0 aliphatic carbocycles. The molecule has 3 rings (SSSR count). The van der Waals surface area contributed by atoms with Gasteiger partial charge in [0.25, 0.3) is 0 Å². The minimum absolute atomic E-state index is 0.172. The Morgan fingerprint density at radius 2 is 1.58 bits per heavy atom. The van der Waals surface area contributed by atoms with Gasteiger partial charge in [-0.1, -0.05) is 25.5 Å². The Kier molecular flexibility index (Phi) is 6.32. The van der Waals surface area contributed by atoms with E-state index in [1.165, 1.54) is 0 Å². The molecule has 2 aliphatic rings. The van der Waals surface area contributed by atoms with Gasteiger partial charge in [-0.25, -0.2) is 8.42 Å². The van der Waals surface area contributed by atoms with Crippen LogP contribution < -0.4 is 0 Å². The third kappa shape index (κ3) is 4.45. The molecule has 0 saturated carbocycles. The third-order valence-corrected chi connectivity index (χ3v) is 7.16. The summed E-state index contributed by atoms with van der Waals surface area (Å²) in [4.78, 5) is 16.6. The van der Waals surface area contributed by atoms with E-state index in [0.29, 0.717) is 37.6 Å². The first kappa shape index (κ1) is 19.3. The molecule has 6 nitrogen and oxygen atoms in total. The summed E-state index contributed by atoms with van der Waals surface area (Å²) in [5.41, 5.74) is 1.16. The van der Waals surface area contributed by atoms with Crippen LogP contribution in [0.4, 0.5) is 0 Å². The van der Waals surface area contributed by atoms with E-state index in [1.54, 1.807) is 16.4 Å². The molecular formula is C19H29N3O3S. The zero-order valence-electron chi connectivity index (χ0n) is 15.6. The van der Waals surface area contributed by atoms with Crippen molar-refractivity contribution in [2.24, 2.45) is 0 Å². The zero-order chi connectivity index (χ0) is 18.6. The van der Waals surface area contributed by atoms with Crippen molar-refractivity contribution in [3.8, 4) is 0 Å². The van der Waals surface area contributed by atoms with Gasteiger partial charge in [-0.05, 0) is 37.0 Å². The average Bonchev–Trinajstić information content (AvgIpc) is 3.18. The molecule has 0 bridgehead atoms. The summed E-state index contributed by atoms with van der Waals surface area (Å²) in [6.07, 6.45) is 4.19. The van der Waals surface area contributed by atoms with E-state index in [2.05, 4.69) is 11.8 Å². The Morgan fingerprint density at radius 1 is 0.962 bits per heavy atom. The molecule has 2 saturated heterocycles. The molecule has 0 unspecified atom stereocenters. The molecule has 2 heterocycles. The van der Waals surface area contributed by atoms with Gasteiger partial charge in [-0.3, -0.25) is 9.69 Å². The van der Waals surface area contributed by atoms with E-state index in [1.807, 2.05) is 17.0 Å². The SMILES string of the molecule is CCCc1ccc(S(=O)(=O)N2CCN(CC(=O)N3CCCC3)CC2)cc1. The number of carbonyl (C=O) groups excluding carboxylic acids is 1. The molecule has 1 amide bonds. The van der Waals surface area contributed by atoms with Crippen LogP contribution >= 0.6 is 0 Å². The highest BCUT2D eigenvalue weighted by atomic mass is 32.2. The lowest BCUT2D eigenvalue weighted by molar-refractivity contribution is -0.131. The largest absolute Gasteiger partial charge is 0.342 e. The Labute approximate surface area is 156 Å². The first-order valence-electron chi connectivity index (χ1n) is 9.60. The van der Waals surface area contributed by atoms with Gasteiger partial charge in [0.05, 0.1) is 11.4 Å². The topological polar surface area (TPSA) is 60.9 Å². The van der Waals surface area contributed by atoms with Crippen molar-refractivity contribution in [3.63, 3.8) is 0 Å². The van der Waals surface area contributed by atoms with Crippen molar-refractivity contribution in [3.05, 3.63) is 29.8 Å². The van der Waals surface area contributed by atoms with Gasteiger partial charge in [0.1, 0.15) is 0 Å². The van der Waals surface area contributed by atoms with Crippen LogP contribution in [-0.2, 0) is 21.2 Å². The maximum absolute atomic E-state index is 12.8. The fourth-order valence-electron chi connectivity index (χ4n) is 3.65. The molecule has 0 radical (unpaired) electrons. The van der Waals surface area contributed by atoms with Gasteiger partial charge in [0.2, 0.25) is 15.9 Å². The number of rotatable bonds is 6. The monoisotopic (exact) mass is 379 g/mol. The fraction of sp³-hybridized carbons (Fsp3) is 0.632. The van der Waals surface area contributed by atoms with E-state index in [4.69, 9.17) is 0 Å². The average molecular weight is 380 g/mol. The molecule has 144 valence electrons. The highest BCUT2D eigenvalue weighted by molar-refractivity contribution is 7.89. The molecule has 0 aromatic heterocycles. The molecule has 0 atom stereocenters. The van der Waals surface area contributed by atoms with Crippen LogP contribution in [0, 0.1) is 0 Å². The number of hydrogen-bond donors (Lipinski definition) is 0. The van der Waals surface area contributed by atoms with Gasteiger partial charge < -0.3 is 4.90 Å². The van der Waals surface area contributed by atoms with Crippen molar-refractivity contribution in [2.75, 3.05) is 45.8 Å². The summed E-state index contributed by atoms with van der Waals surface area (Å²) in [6.45, 7) is 6.32. The highest BCUT2D eigenvalue weighted by Gasteiger charge is 2.30. The maximum Gasteiger partial charge on any atom is 0.243 e. The van der Waals surface area contributed by atoms with E-state index in [9.17, 15) is 13.2 Å². The smallest absolute Gasteiger partial charge is 0.243 e. The number of piperazine rings is 1. The Bertz CT molecular complexity index is 704. The second-order valence-electron chi connectivity index (χ2n) is 7.16. The first-order chi connectivity index (χ1) is 12.5. The van der Waals surface area contributed by atoms with Gasteiger partial charge in [-0.2, -0.15) is 4.31 Å². The van der Waals surface area contributed by atoms with Crippen LogP contribution in [0.25, 0.3) is 0 Å².